The first-order valence-corrected chi connectivity index (χ1v) is 6.75. The van der Waals surface area contributed by atoms with E-state index in [4.69, 9.17) is 5.11 Å². The molecular formula is C13H12N2O3S. The predicted octanol–water partition coefficient (Wildman–Crippen LogP) is 1.99. The van der Waals surface area contributed by atoms with E-state index >= 15 is 0 Å². The van der Waals surface area contributed by atoms with Crippen LogP contribution in [0.15, 0.2) is 36.5 Å². The number of carbonyl (C=O) groups excluding carboxylic acids is 1. The number of benzene rings is 1. The van der Waals surface area contributed by atoms with Crippen LogP contribution in [-0.2, 0) is 9.59 Å². The Balaban J connectivity index is 1.97. The van der Waals surface area contributed by atoms with Gasteiger partial charge >= 0.3 is 5.97 Å². The van der Waals surface area contributed by atoms with Crippen molar-refractivity contribution >= 4 is 40.2 Å². The number of hydrogen-bond donors (Lipinski definition) is 2. The molecule has 98 valence electrons. The number of carbonyl (C=O) groups is 2. The quantitative estimate of drug-likeness (QED) is 0.873. The van der Waals surface area contributed by atoms with E-state index in [1.54, 1.807) is 12.3 Å². The van der Waals surface area contributed by atoms with Crippen molar-refractivity contribution in [1.82, 2.24) is 4.98 Å². The summed E-state index contributed by atoms with van der Waals surface area (Å²) in [4.78, 5) is 26.1. The fourth-order valence-electron chi connectivity index (χ4n) is 1.58. The molecule has 19 heavy (non-hydrogen) atoms. The summed E-state index contributed by atoms with van der Waals surface area (Å²) in [7, 11) is 0. The fourth-order valence-corrected chi connectivity index (χ4v) is 2.12. The lowest BCUT2D eigenvalue weighted by molar-refractivity contribution is -0.133. The van der Waals surface area contributed by atoms with E-state index in [-0.39, 0.29) is 17.4 Å². The molecule has 0 aliphatic heterocycles. The maximum Gasteiger partial charge on any atom is 0.313 e. The molecule has 0 saturated carbocycles. The van der Waals surface area contributed by atoms with Crippen LogP contribution >= 0.6 is 11.8 Å². The minimum absolute atomic E-state index is 0.0743. The highest BCUT2D eigenvalue weighted by Gasteiger charge is 2.05. The van der Waals surface area contributed by atoms with Crippen LogP contribution < -0.4 is 5.32 Å². The summed E-state index contributed by atoms with van der Waals surface area (Å²) in [6.45, 7) is 0. The Morgan fingerprint density at radius 3 is 2.89 bits per heavy atom. The Labute approximate surface area is 114 Å². The molecule has 0 bridgehead atoms. The second kappa shape index (κ2) is 6.19. The lowest BCUT2D eigenvalue weighted by atomic mass is 10.2. The monoisotopic (exact) mass is 276 g/mol. The number of nitrogens with zero attached hydrogens (tertiary/aromatic N) is 1. The summed E-state index contributed by atoms with van der Waals surface area (Å²) < 4.78 is 0. The third-order valence-electron chi connectivity index (χ3n) is 2.35. The highest BCUT2D eigenvalue weighted by Crippen LogP contribution is 2.17. The molecule has 0 atom stereocenters. The fraction of sp³-hybridized carbons (Fsp3) is 0.154. The average molecular weight is 276 g/mol. The number of aromatic nitrogens is 1. The number of aliphatic carboxylic acids is 1. The van der Waals surface area contributed by atoms with Crippen molar-refractivity contribution < 1.29 is 14.7 Å². The molecule has 0 aliphatic rings. The molecule has 5 nitrogen and oxygen atoms in total. The molecular weight excluding hydrogens is 264 g/mol. The molecule has 0 saturated heterocycles. The number of carboxylic acids is 1. The number of pyridine rings is 1. The van der Waals surface area contributed by atoms with Gasteiger partial charge in [0.25, 0.3) is 0 Å². The minimum Gasteiger partial charge on any atom is -0.481 e. The van der Waals surface area contributed by atoms with Gasteiger partial charge in [-0.15, -0.1) is 11.8 Å². The van der Waals surface area contributed by atoms with Gasteiger partial charge in [0.15, 0.2) is 0 Å². The van der Waals surface area contributed by atoms with Crippen molar-refractivity contribution in [2.24, 2.45) is 0 Å². The van der Waals surface area contributed by atoms with Crippen LogP contribution in [0.2, 0.25) is 0 Å². The van der Waals surface area contributed by atoms with Crippen LogP contribution in [0, 0.1) is 0 Å². The van der Waals surface area contributed by atoms with Crippen LogP contribution in [0.4, 0.5) is 5.69 Å². The summed E-state index contributed by atoms with van der Waals surface area (Å²) in [5.74, 6) is -1.09. The van der Waals surface area contributed by atoms with Crippen molar-refractivity contribution in [2.75, 3.05) is 16.8 Å². The molecule has 6 heteroatoms. The van der Waals surface area contributed by atoms with Crippen molar-refractivity contribution in [3.63, 3.8) is 0 Å². The van der Waals surface area contributed by atoms with E-state index in [0.29, 0.717) is 5.69 Å². The third kappa shape index (κ3) is 3.96. The van der Waals surface area contributed by atoms with E-state index in [1.807, 2.05) is 24.3 Å². The lowest BCUT2D eigenvalue weighted by Crippen LogP contribution is -2.15. The predicted molar refractivity (Wildman–Crippen MR) is 75.3 cm³/mol. The standard InChI is InChI=1S/C13H12N2O3S/c16-12(7-19-8-13(17)18)15-10-3-4-11-9(6-10)2-1-5-14-11/h1-6H,7-8H2,(H,15,16)(H,17,18). The number of fused-ring (bicyclic) bond motifs is 1. The van der Waals surface area contributed by atoms with E-state index in [1.165, 1.54) is 0 Å². The molecule has 0 aliphatic carbocycles. The molecule has 1 heterocycles. The Hall–Kier alpha value is -2.08. The van der Waals surface area contributed by atoms with Crippen molar-refractivity contribution in [2.45, 2.75) is 0 Å². The van der Waals surface area contributed by atoms with Gasteiger partial charge in [0.2, 0.25) is 5.91 Å². The van der Waals surface area contributed by atoms with Crippen LogP contribution in [0.5, 0.6) is 0 Å². The maximum absolute atomic E-state index is 11.6. The van der Waals surface area contributed by atoms with Gasteiger partial charge in [-0.2, -0.15) is 0 Å². The Bertz CT molecular complexity index is 616. The SMILES string of the molecule is O=C(O)CSCC(=O)Nc1ccc2ncccc2c1. The maximum atomic E-state index is 11.6. The first-order valence-electron chi connectivity index (χ1n) is 5.59. The number of rotatable bonds is 5. The number of hydrogen-bond acceptors (Lipinski definition) is 4. The molecule has 0 fully saturated rings. The van der Waals surface area contributed by atoms with E-state index < -0.39 is 5.97 Å². The first-order chi connectivity index (χ1) is 9.15. The zero-order valence-electron chi connectivity index (χ0n) is 10.00. The summed E-state index contributed by atoms with van der Waals surface area (Å²) in [6.07, 6.45) is 1.71. The normalized spacial score (nSPS) is 10.3. The van der Waals surface area contributed by atoms with Crippen LogP contribution in [-0.4, -0.2) is 33.5 Å². The molecule has 1 amide bonds. The highest BCUT2D eigenvalue weighted by molar-refractivity contribution is 8.00. The molecule has 1 aromatic carbocycles. The lowest BCUT2D eigenvalue weighted by Gasteiger charge is -2.05. The van der Waals surface area contributed by atoms with E-state index in [9.17, 15) is 9.59 Å². The van der Waals surface area contributed by atoms with Crippen LogP contribution in [0.1, 0.15) is 0 Å². The highest BCUT2D eigenvalue weighted by atomic mass is 32.2. The third-order valence-corrected chi connectivity index (χ3v) is 3.26. The molecule has 0 radical (unpaired) electrons. The number of carboxylic acid groups (broad SMARTS) is 1. The summed E-state index contributed by atoms with van der Waals surface area (Å²) in [5.41, 5.74) is 1.54. The first kappa shape index (κ1) is 13.4. The number of anilines is 1. The number of nitrogens with one attached hydrogen (secondary N) is 1. The molecule has 2 rings (SSSR count). The summed E-state index contributed by atoms with van der Waals surface area (Å²) in [6, 6.07) is 9.18. The second-order valence-corrected chi connectivity index (χ2v) is 4.83. The van der Waals surface area contributed by atoms with Crippen molar-refractivity contribution in [3.8, 4) is 0 Å². The van der Waals surface area contributed by atoms with Crippen LogP contribution in [0.3, 0.4) is 0 Å². The molecule has 2 N–H and O–H groups in total. The summed E-state index contributed by atoms with van der Waals surface area (Å²) in [5, 5.41) is 12.1. The van der Waals surface area contributed by atoms with Gasteiger partial charge < -0.3 is 10.4 Å². The van der Waals surface area contributed by atoms with Gasteiger partial charge in [-0.25, -0.2) is 0 Å². The summed E-state index contributed by atoms with van der Waals surface area (Å²) >= 11 is 1.07. The van der Waals surface area contributed by atoms with Gasteiger partial charge in [0, 0.05) is 17.3 Å². The topological polar surface area (TPSA) is 79.3 Å². The van der Waals surface area contributed by atoms with Crippen molar-refractivity contribution in [1.29, 1.82) is 0 Å². The van der Waals surface area contributed by atoms with Gasteiger partial charge in [-0.3, -0.25) is 14.6 Å². The number of amides is 1. The Morgan fingerprint density at radius 1 is 1.26 bits per heavy atom. The number of thioether (sulfide) groups is 1. The minimum atomic E-state index is -0.922. The smallest absolute Gasteiger partial charge is 0.313 e. The molecule has 0 spiro atoms. The Kier molecular flexibility index (Phi) is 4.35. The second-order valence-electron chi connectivity index (χ2n) is 3.85. The van der Waals surface area contributed by atoms with Gasteiger partial charge in [0.1, 0.15) is 0 Å². The van der Waals surface area contributed by atoms with Crippen molar-refractivity contribution in [3.05, 3.63) is 36.5 Å². The zero-order chi connectivity index (χ0) is 13.7. The van der Waals surface area contributed by atoms with E-state index in [2.05, 4.69) is 10.3 Å². The van der Waals surface area contributed by atoms with E-state index in [0.717, 1.165) is 22.7 Å². The average Bonchev–Trinajstić information content (AvgIpc) is 2.38. The van der Waals surface area contributed by atoms with Gasteiger partial charge in [-0.05, 0) is 24.3 Å². The molecule has 2 aromatic rings. The Morgan fingerprint density at radius 2 is 2.11 bits per heavy atom. The largest absolute Gasteiger partial charge is 0.481 e. The molecule has 0 unspecified atom stereocenters. The zero-order valence-corrected chi connectivity index (χ0v) is 10.8. The molecule has 1 aromatic heterocycles. The van der Waals surface area contributed by atoms with Crippen LogP contribution in [0.25, 0.3) is 10.9 Å². The van der Waals surface area contributed by atoms with Gasteiger partial charge in [0.05, 0.1) is 17.0 Å². The van der Waals surface area contributed by atoms with Gasteiger partial charge in [-0.1, -0.05) is 6.07 Å².